The van der Waals surface area contributed by atoms with Gasteiger partial charge in [-0.05, 0) is 18.6 Å². The van der Waals surface area contributed by atoms with E-state index in [4.69, 9.17) is 0 Å². The van der Waals surface area contributed by atoms with Crippen LogP contribution in [-0.2, 0) is 18.3 Å². The number of amides is 1. The van der Waals surface area contributed by atoms with E-state index in [0.717, 1.165) is 29.9 Å². The summed E-state index contributed by atoms with van der Waals surface area (Å²) in [6, 6.07) is 3.88. The molecule has 0 atom stereocenters. The van der Waals surface area contributed by atoms with Gasteiger partial charge in [-0.3, -0.25) is 9.78 Å². The van der Waals surface area contributed by atoms with E-state index in [1.807, 2.05) is 36.9 Å². The molecule has 2 aromatic rings. The third kappa shape index (κ3) is 3.66. The molecule has 5 heteroatoms. The predicted molar refractivity (Wildman–Crippen MR) is 78.1 cm³/mol. The van der Waals surface area contributed by atoms with E-state index in [2.05, 4.69) is 15.3 Å². The molecule has 2 rings (SSSR count). The van der Waals surface area contributed by atoms with Crippen LogP contribution in [0.5, 0.6) is 0 Å². The molecule has 5 nitrogen and oxygen atoms in total. The molecule has 0 saturated heterocycles. The van der Waals surface area contributed by atoms with Gasteiger partial charge in [-0.15, -0.1) is 0 Å². The number of pyridine rings is 1. The Bertz CT molecular complexity index is 563. The quantitative estimate of drug-likeness (QED) is 0.874. The summed E-state index contributed by atoms with van der Waals surface area (Å²) in [5.41, 5.74) is 2.03. The molecule has 0 fully saturated rings. The largest absolute Gasteiger partial charge is 0.356 e. The van der Waals surface area contributed by atoms with Crippen LogP contribution >= 0.6 is 0 Å². The molecule has 2 aromatic heterocycles. The van der Waals surface area contributed by atoms with Gasteiger partial charge in [0.25, 0.3) is 0 Å². The smallest absolute Gasteiger partial charge is 0.219 e. The maximum absolute atomic E-state index is 11.4. The molecular formula is C15H20N4O. The maximum Gasteiger partial charge on any atom is 0.219 e. The van der Waals surface area contributed by atoms with Gasteiger partial charge in [-0.25, -0.2) is 4.98 Å². The molecule has 0 radical (unpaired) electrons. The van der Waals surface area contributed by atoms with Gasteiger partial charge in [0, 0.05) is 50.6 Å². The van der Waals surface area contributed by atoms with Crippen molar-refractivity contribution in [3.63, 3.8) is 0 Å². The molecule has 0 aliphatic carbocycles. The summed E-state index contributed by atoms with van der Waals surface area (Å²) >= 11 is 0. The molecule has 0 saturated carbocycles. The minimum atomic E-state index is 0.109. The molecule has 1 amide bonds. The lowest BCUT2D eigenvalue weighted by molar-refractivity contribution is -0.121. The second kappa shape index (κ2) is 6.84. The first-order valence-corrected chi connectivity index (χ1v) is 6.90. The summed E-state index contributed by atoms with van der Waals surface area (Å²) in [5, 5.41) is 2.90. The summed E-state index contributed by atoms with van der Waals surface area (Å²) in [7, 11) is 1.97. The van der Waals surface area contributed by atoms with Crippen LogP contribution in [0.1, 0.15) is 25.5 Å². The van der Waals surface area contributed by atoms with Gasteiger partial charge in [0.2, 0.25) is 5.91 Å². The first-order valence-electron chi connectivity index (χ1n) is 6.90. The van der Waals surface area contributed by atoms with Crippen molar-refractivity contribution >= 4 is 5.91 Å². The van der Waals surface area contributed by atoms with Crippen molar-refractivity contribution in [2.75, 3.05) is 6.54 Å². The van der Waals surface area contributed by atoms with Crippen LogP contribution in [0.3, 0.4) is 0 Å². The fraction of sp³-hybridized carbons (Fsp3) is 0.400. The third-order valence-electron chi connectivity index (χ3n) is 3.05. The third-order valence-corrected chi connectivity index (χ3v) is 3.05. The van der Waals surface area contributed by atoms with Crippen LogP contribution in [0, 0.1) is 0 Å². The Morgan fingerprint density at radius 1 is 1.35 bits per heavy atom. The van der Waals surface area contributed by atoms with Crippen LogP contribution in [0.15, 0.2) is 30.7 Å². The van der Waals surface area contributed by atoms with E-state index in [1.54, 1.807) is 12.4 Å². The summed E-state index contributed by atoms with van der Waals surface area (Å²) in [4.78, 5) is 20.0. The Morgan fingerprint density at radius 2 is 2.10 bits per heavy atom. The monoisotopic (exact) mass is 272 g/mol. The number of rotatable bonds is 6. The van der Waals surface area contributed by atoms with E-state index in [1.165, 1.54) is 0 Å². The standard InChI is InChI=1S/C15H20N4O/c1-3-4-14(20)17-10-7-13-11-19(2)15(18-13)12-5-8-16-9-6-12/h5-6,8-9,11H,3-4,7,10H2,1-2H3,(H,17,20). The number of aromatic nitrogens is 3. The summed E-state index contributed by atoms with van der Waals surface area (Å²) in [6.07, 6.45) is 7.73. The van der Waals surface area contributed by atoms with Gasteiger partial charge in [0.1, 0.15) is 5.82 Å². The van der Waals surface area contributed by atoms with Crippen molar-refractivity contribution in [2.24, 2.45) is 7.05 Å². The van der Waals surface area contributed by atoms with Crippen LogP contribution < -0.4 is 5.32 Å². The van der Waals surface area contributed by atoms with Gasteiger partial charge in [-0.1, -0.05) is 6.92 Å². The van der Waals surface area contributed by atoms with Crippen molar-refractivity contribution in [1.29, 1.82) is 0 Å². The number of aryl methyl sites for hydroxylation is 1. The zero-order chi connectivity index (χ0) is 14.4. The molecule has 106 valence electrons. The normalized spacial score (nSPS) is 10.5. The molecule has 2 heterocycles. The molecular weight excluding hydrogens is 252 g/mol. The number of carbonyl (C=O) groups excluding carboxylic acids is 1. The minimum Gasteiger partial charge on any atom is -0.356 e. The van der Waals surface area contributed by atoms with Crippen molar-refractivity contribution in [3.8, 4) is 11.4 Å². The average Bonchev–Trinajstić information content (AvgIpc) is 2.81. The molecule has 0 aliphatic rings. The van der Waals surface area contributed by atoms with Crippen LogP contribution in [0.4, 0.5) is 0 Å². The fourth-order valence-electron chi connectivity index (χ4n) is 2.06. The van der Waals surface area contributed by atoms with Crippen LogP contribution in [0.2, 0.25) is 0 Å². The highest BCUT2D eigenvalue weighted by Crippen LogP contribution is 2.16. The number of carbonyl (C=O) groups is 1. The van der Waals surface area contributed by atoms with E-state index < -0.39 is 0 Å². The second-order valence-corrected chi connectivity index (χ2v) is 4.75. The van der Waals surface area contributed by atoms with Crippen molar-refractivity contribution in [1.82, 2.24) is 19.9 Å². The second-order valence-electron chi connectivity index (χ2n) is 4.75. The van der Waals surface area contributed by atoms with Gasteiger partial charge < -0.3 is 9.88 Å². The summed E-state index contributed by atoms with van der Waals surface area (Å²) < 4.78 is 2.00. The van der Waals surface area contributed by atoms with Crippen molar-refractivity contribution < 1.29 is 4.79 Å². The van der Waals surface area contributed by atoms with E-state index in [0.29, 0.717) is 13.0 Å². The molecule has 0 aromatic carbocycles. The Morgan fingerprint density at radius 3 is 2.80 bits per heavy atom. The Labute approximate surface area is 119 Å². The zero-order valence-electron chi connectivity index (χ0n) is 12.0. The lowest BCUT2D eigenvalue weighted by Gasteiger charge is -2.01. The number of hydrogen-bond donors (Lipinski definition) is 1. The molecule has 0 spiro atoms. The molecule has 1 N–H and O–H groups in total. The summed E-state index contributed by atoms with van der Waals surface area (Å²) in [5.74, 6) is 1.03. The number of imidazole rings is 1. The van der Waals surface area contributed by atoms with E-state index in [-0.39, 0.29) is 5.91 Å². The highest BCUT2D eigenvalue weighted by atomic mass is 16.1. The first-order chi connectivity index (χ1) is 9.70. The SMILES string of the molecule is CCCC(=O)NCCc1cn(C)c(-c2ccncc2)n1. The first kappa shape index (κ1) is 14.2. The Hall–Kier alpha value is -2.17. The van der Waals surface area contributed by atoms with E-state index in [9.17, 15) is 4.79 Å². The summed E-state index contributed by atoms with van der Waals surface area (Å²) in [6.45, 7) is 2.63. The fourth-order valence-corrected chi connectivity index (χ4v) is 2.06. The van der Waals surface area contributed by atoms with Gasteiger partial charge in [0.05, 0.1) is 5.69 Å². The topological polar surface area (TPSA) is 59.8 Å². The minimum absolute atomic E-state index is 0.109. The van der Waals surface area contributed by atoms with Crippen LogP contribution in [-0.4, -0.2) is 27.0 Å². The molecule has 20 heavy (non-hydrogen) atoms. The highest BCUT2D eigenvalue weighted by molar-refractivity contribution is 5.75. The lowest BCUT2D eigenvalue weighted by atomic mass is 10.2. The van der Waals surface area contributed by atoms with Gasteiger partial charge in [-0.2, -0.15) is 0 Å². The number of nitrogens with one attached hydrogen (secondary N) is 1. The number of nitrogens with zero attached hydrogens (tertiary/aromatic N) is 3. The van der Waals surface area contributed by atoms with Crippen LogP contribution in [0.25, 0.3) is 11.4 Å². The van der Waals surface area contributed by atoms with E-state index >= 15 is 0 Å². The van der Waals surface area contributed by atoms with Gasteiger partial charge >= 0.3 is 0 Å². The highest BCUT2D eigenvalue weighted by Gasteiger charge is 2.07. The Kier molecular flexibility index (Phi) is 4.87. The van der Waals surface area contributed by atoms with Crippen molar-refractivity contribution in [3.05, 3.63) is 36.4 Å². The zero-order valence-corrected chi connectivity index (χ0v) is 12.0. The number of hydrogen-bond acceptors (Lipinski definition) is 3. The molecule has 0 bridgehead atoms. The maximum atomic E-state index is 11.4. The lowest BCUT2D eigenvalue weighted by Crippen LogP contribution is -2.25. The van der Waals surface area contributed by atoms with Crippen molar-refractivity contribution in [2.45, 2.75) is 26.2 Å². The molecule has 0 unspecified atom stereocenters. The van der Waals surface area contributed by atoms with Gasteiger partial charge in [0.15, 0.2) is 0 Å². The Balaban J connectivity index is 1.96. The predicted octanol–water partition coefficient (Wildman–Crippen LogP) is 1.94. The average molecular weight is 272 g/mol. The molecule has 0 aliphatic heterocycles.